The van der Waals surface area contributed by atoms with Gasteiger partial charge in [0.05, 0.1) is 15.6 Å². The van der Waals surface area contributed by atoms with Crippen molar-refractivity contribution in [2.45, 2.75) is 12.7 Å². The molecular formula is C19H18Cl2F3N3S. The number of hydrogen-bond acceptors (Lipinski definition) is 2. The lowest BCUT2D eigenvalue weighted by atomic mass is 10.1. The lowest BCUT2D eigenvalue weighted by Gasteiger charge is -2.36. The average Bonchev–Trinajstić information content (AvgIpc) is 2.65. The summed E-state index contributed by atoms with van der Waals surface area (Å²) in [5.74, 6) is 0. The van der Waals surface area contributed by atoms with E-state index in [2.05, 4.69) is 10.2 Å². The highest BCUT2D eigenvalue weighted by molar-refractivity contribution is 7.80. The van der Waals surface area contributed by atoms with E-state index in [0.717, 1.165) is 11.8 Å². The number of piperazine rings is 1. The minimum Gasteiger partial charge on any atom is -0.346 e. The quantitative estimate of drug-likeness (QED) is 0.623. The van der Waals surface area contributed by atoms with E-state index in [9.17, 15) is 13.2 Å². The van der Waals surface area contributed by atoms with E-state index in [1.165, 1.54) is 12.1 Å². The van der Waals surface area contributed by atoms with Crippen molar-refractivity contribution in [2.75, 3.05) is 31.5 Å². The molecule has 1 aliphatic heterocycles. The maximum absolute atomic E-state index is 12.9. The van der Waals surface area contributed by atoms with Crippen molar-refractivity contribution in [1.29, 1.82) is 0 Å². The zero-order chi connectivity index (χ0) is 20.3. The lowest BCUT2D eigenvalue weighted by Crippen LogP contribution is -2.49. The highest BCUT2D eigenvalue weighted by Crippen LogP contribution is 2.30. The van der Waals surface area contributed by atoms with Crippen LogP contribution in [0, 0.1) is 0 Å². The zero-order valence-electron chi connectivity index (χ0n) is 14.8. The number of halogens is 5. The first-order chi connectivity index (χ1) is 13.2. The normalized spacial score (nSPS) is 15.5. The Morgan fingerprint density at radius 2 is 1.71 bits per heavy atom. The molecule has 150 valence electrons. The molecule has 3 rings (SSSR count). The second kappa shape index (κ2) is 8.86. The Morgan fingerprint density at radius 3 is 2.36 bits per heavy atom. The van der Waals surface area contributed by atoms with Crippen molar-refractivity contribution in [2.24, 2.45) is 0 Å². The molecule has 1 N–H and O–H groups in total. The smallest absolute Gasteiger partial charge is 0.346 e. The second-order valence-electron chi connectivity index (χ2n) is 6.52. The topological polar surface area (TPSA) is 18.5 Å². The number of benzene rings is 2. The van der Waals surface area contributed by atoms with Crippen molar-refractivity contribution in [3.05, 3.63) is 63.6 Å². The van der Waals surface area contributed by atoms with Crippen molar-refractivity contribution < 1.29 is 13.2 Å². The third kappa shape index (κ3) is 5.50. The SMILES string of the molecule is FC(F)(F)c1cccc(CN2CCN(C(=S)Nc3ccc(Cl)c(Cl)c3)CC2)c1. The molecule has 1 heterocycles. The van der Waals surface area contributed by atoms with Crippen molar-refractivity contribution in [3.8, 4) is 0 Å². The van der Waals surface area contributed by atoms with E-state index >= 15 is 0 Å². The largest absolute Gasteiger partial charge is 0.416 e. The molecule has 1 fully saturated rings. The van der Waals surface area contributed by atoms with Gasteiger partial charge in [-0.15, -0.1) is 0 Å². The van der Waals surface area contributed by atoms with E-state index in [1.54, 1.807) is 24.3 Å². The van der Waals surface area contributed by atoms with Gasteiger partial charge in [0.1, 0.15) is 0 Å². The Balaban J connectivity index is 1.53. The third-order valence-electron chi connectivity index (χ3n) is 4.49. The monoisotopic (exact) mass is 447 g/mol. The summed E-state index contributed by atoms with van der Waals surface area (Å²) in [6.45, 7) is 3.27. The number of hydrogen-bond donors (Lipinski definition) is 1. The first-order valence-corrected chi connectivity index (χ1v) is 9.78. The Bertz CT molecular complexity index is 853. The van der Waals surface area contributed by atoms with E-state index in [4.69, 9.17) is 35.4 Å². The van der Waals surface area contributed by atoms with Crippen molar-refractivity contribution in [3.63, 3.8) is 0 Å². The molecule has 2 aromatic carbocycles. The molecule has 0 spiro atoms. The minimum atomic E-state index is -4.32. The molecule has 1 aliphatic rings. The maximum Gasteiger partial charge on any atom is 0.416 e. The van der Waals surface area contributed by atoms with Gasteiger partial charge in [0.25, 0.3) is 0 Å². The van der Waals surface area contributed by atoms with Gasteiger partial charge in [0.2, 0.25) is 0 Å². The second-order valence-corrected chi connectivity index (χ2v) is 7.72. The predicted octanol–water partition coefficient (Wildman–Crippen LogP) is 5.53. The average molecular weight is 448 g/mol. The Labute approximate surface area is 177 Å². The van der Waals surface area contributed by atoms with Gasteiger partial charge in [0.15, 0.2) is 5.11 Å². The van der Waals surface area contributed by atoms with Gasteiger partial charge in [0, 0.05) is 38.4 Å². The van der Waals surface area contributed by atoms with Gasteiger partial charge >= 0.3 is 6.18 Å². The van der Waals surface area contributed by atoms with Gasteiger partial charge in [-0.3, -0.25) is 4.90 Å². The number of rotatable bonds is 3. The summed E-state index contributed by atoms with van der Waals surface area (Å²) < 4.78 is 38.6. The molecule has 3 nitrogen and oxygen atoms in total. The number of alkyl halides is 3. The standard InChI is InChI=1S/C19H18Cl2F3N3S/c20-16-5-4-15(11-17(16)21)25-18(28)27-8-6-26(7-9-27)12-13-2-1-3-14(10-13)19(22,23)24/h1-5,10-11H,6-9,12H2,(H,25,28). The van der Waals surface area contributed by atoms with Crippen LogP contribution in [0.2, 0.25) is 10.0 Å². The first kappa shape index (κ1) is 21.2. The highest BCUT2D eigenvalue weighted by Gasteiger charge is 2.30. The lowest BCUT2D eigenvalue weighted by molar-refractivity contribution is -0.137. The fraction of sp³-hybridized carbons (Fsp3) is 0.316. The fourth-order valence-corrected chi connectivity index (χ4v) is 3.59. The van der Waals surface area contributed by atoms with E-state index in [0.29, 0.717) is 53.4 Å². The zero-order valence-corrected chi connectivity index (χ0v) is 17.1. The summed E-state index contributed by atoms with van der Waals surface area (Å²) in [5.41, 5.74) is 0.793. The summed E-state index contributed by atoms with van der Waals surface area (Å²) in [6, 6.07) is 10.7. The van der Waals surface area contributed by atoms with Crippen LogP contribution in [-0.4, -0.2) is 41.1 Å². The Kier molecular flexibility index (Phi) is 6.70. The van der Waals surface area contributed by atoms with Gasteiger partial charge in [-0.1, -0.05) is 41.4 Å². The minimum absolute atomic E-state index is 0.445. The molecule has 0 radical (unpaired) electrons. The van der Waals surface area contributed by atoms with Crippen LogP contribution in [0.1, 0.15) is 11.1 Å². The van der Waals surface area contributed by atoms with Crippen LogP contribution in [0.15, 0.2) is 42.5 Å². The van der Waals surface area contributed by atoms with Gasteiger partial charge in [-0.25, -0.2) is 0 Å². The number of anilines is 1. The van der Waals surface area contributed by atoms with Crippen LogP contribution in [0.3, 0.4) is 0 Å². The fourth-order valence-electron chi connectivity index (χ4n) is 2.99. The van der Waals surface area contributed by atoms with Gasteiger partial charge in [-0.05, 0) is 42.0 Å². The van der Waals surface area contributed by atoms with E-state index < -0.39 is 11.7 Å². The first-order valence-electron chi connectivity index (χ1n) is 8.62. The summed E-state index contributed by atoms with van der Waals surface area (Å²) in [5, 5.41) is 4.64. The van der Waals surface area contributed by atoms with Crippen LogP contribution in [-0.2, 0) is 12.7 Å². The molecule has 0 bridgehead atoms. The van der Waals surface area contributed by atoms with Crippen LogP contribution in [0.5, 0.6) is 0 Å². The Morgan fingerprint density at radius 1 is 1.00 bits per heavy atom. The summed E-state index contributed by atoms with van der Waals surface area (Å²) in [7, 11) is 0. The Hall–Kier alpha value is -1.54. The van der Waals surface area contributed by atoms with Crippen LogP contribution in [0.4, 0.5) is 18.9 Å². The molecule has 0 aliphatic carbocycles. The van der Waals surface area contributed by atoms with E-state index in [1.807, 2.05) is 4.90 Å². The third-order valence-corrected chi connectivity index (χ3v) is 5.59. The number of nitrogens with one attached hydrogen (secondary N) is 1. The molecule has 0 amide bonds. The molecule has 9 heteroatoms. The van der Waals surface area contributed by atoms with Gasteiger partial charge < -0.3 is 10.2 Å². The molecule has 1 saturated heterocycles. The van der Waals surface area contributed by atoms with Crippen LogP contribution >= 0.6 is 35.4 Å². The predicted molar refractivity (Wildman–Crippen MR) is 111 cm³/mol. The molecule has 0 atom stereocenters. The van der Waals surface area contributed by atoms with Crippen LogP contribution < -0.4 is 5.32 Å². The molecule has 28 heavy (non-hydrogen) atoms. The molecule has 0 saturated carbocycles. The van der Waals surface area contributed by atoms with Gasteiger partial charge in [-0.2, -0.15) is 13.2 Å². The van der Waals surface area contributed by atoms with E-state index in [-0.39, 0.29) is 0 Å². The molecule has 0 aromatic heterocycles. The van der Waals surface area contributed by atoms with Crippen LogP contribution in [0.25, 0.3) is 0 Å². The maximum atomic E-state index is 12.9. The summed E-state index contributed by atoms with van der Waals surface area (Å²) >= 11 is 17.4. The highest BCUT2D eigenvalue weighted by atomic mass is 35.5. The van der Waals surface area contributed by atoms with Crippen molar-refractivity contribution in [1.82, 2.24) is 9.80 Å². The summed E-state index contributed by atoms with van der Waals surface area (Å²) in [4.78, 5) is 4.15. The molecular weight excluding hydrogens is 430 g/mol. The summed E-state index contributed by atoms with van der Waals surface area (Å²) in [6.07, 6.45) is -4.32. The molecule has 0 unspecified atom stereocenters. The molecule has 2 aromatic rings. The van der Waals surface area contributed by atoms with Crippen molar-refractivity contribution >= 4 is 46.2 Å². The number of thiocarbonyl (C=S) groups is 1. The number of nitrogens with zero attached hydrogens (tertiary/aromatic N) is 2.